The number of nitrogens with zero attached hydrogens (tertiary/aromatic N) is 1. The maximum atomic E-state index is 13.2. The molecule has 1 saturated heterocycles. The monoisotopic (exact) mass is 378 g/mol. The van der Waals surface area contributed by atoms with E-state index in [4.69, 9.17) is 0 Å². The number of carbonyl (C=O) groups is 2. The second kappa shape index (κ2) is 5.54. The van der Waals surface area contributed by atoms with Crippen molar-refractivity contribution in [3.8, 4) is 0 Å². The summed E-state index contributed by atoms with van der Waals surface area (Å²) in [5, 5.41) is 0.1000. The molecule has 4 rings (SSSR count). The number of aromatic amines is 1. The Labute approximate surface area is 151 Å². The summed E-state index contributed by atoms with van der Waals surface area (Å²) in [5.41, 5.74) is -0.210. The Morgan fingerprint density at radius 2 is 1.88 bits per heavy atom. The molecule has 2 aliphatic heterocycles. The first-order valence-electron chi connectivity index (χ1n) is 7.90. The van der Waals surface area contributed by atoms with Crippen LogP contribution in [0.5, 0.6) is 0 Å². The number of rotatable bonds is 2. The predicted octanol–water partition coefficient (Wildman–Crippen LogP) is 2.91. The Kier molecular flexibility index (Phi) is 3.66. The second-order valence-corrected chi connectivity index (χ2v) is 8.58. The Morgan fingerprint density at radius 3 is 2.52 bits per heavy atom. The number of anilines is 1. The van der Waals surface area contributed by atoms with Crippen molar-refractivity contribution in [3.63, 3.8) is 0 Å². The van der Waals surface area contributed by atoms with Crippen molar-refractivity contribution >= 4 is 40.6 Å². The van der Waals surface area contributed by atoms with Gasteiger partial charge in [-0.25, -0.2) is 9.29 Å². The molecule has 25 heavy (non-hydrogen) atoms. The van der Waals surface area contributed by atoms with E-state index in [1.807, 2.05) is 13.8 Å². The molecule has 0 unspecified atom stereocenters. The van der Waals surface area contributed by atoms with E-state index in [0.717, 1.165) is 21.1 Å². The minimum atomic E-state index is -0.587. The summed E-state index contributed by atoms with van der Waals surface area (Å²) in [4.78, 5) is 42.5. The highest BCUT2D eigenvalue weighted by Gasteiger charge is 2.60. The summed E-state index contributed by atoms with van der Waals surface area (Å²) in [6.07, 6.45) is 0.631. The molecule has 8 heteroatoms. The van der Waals surface area contributed by atoms with Crippen LogP contribution in [0.25, 0.3) is 0 Å². The number of H-pyrrole nitrogens is 1. The van der Waals surface area contributed by atoms with Gasteiger partial charge < -0.3 is 4.98 Å². The van der Waals surface area contributed by atoms with Gasteiger partial charge in [-0.15, -0.1) is 0 Å². The molecule has 0 aliphatic carbocycles. The number of imide groups is 1. The maximum absolute atomic E-state index is 13.2. The normalized spacial score (nSPS) is 28.2. The van der Waals surface area contributed by atoms with Gasteiger partial charge in [0.15, 0.2) is 0 Å². The van der Waals surface area contributed by atoms with Crippen molar-refractivity contribution in [1.82, 2.24) is 4.98 Å². The number of aromatic nitrogens is 1. The van der Waals surface area contributed by atoms with Crippen LogP contribution in [-0.4, -0.2) is 22.0 Å². The van der Waals surface area contributed by atoms with Gasteiger partial charge in [0.2, 0.25) is 11.8 Å². The molecule has 1 fully saturated rings. The fraction of sp³-hybridized carbons (Fsp3) is 0.353. The van der Waals surface area contributed by atoms with Gasteiger partial charge in [-0.05, 0) is 30.7 Å². The highest BCUT2D eigenvalue weighted by molar-refractivity contribution is 8.00. The number of halogens is 1. The van der Waals surface area contributed by atoms with Crippen molar-refractivity contribution in [1.29, 1.82) is 0 Å². The number of fused-ring (bicyclic) bond motifs is 2. The standard InChI is InChI=1S/C17H15FN2O3S2/c1-3-17(2)10-11(24-13-12(17)25-16(23)19-13)15(22)20(14(10)21)9-6-4-8(18)5-7-9/h4-7,10-11H,3H2,1-2H3,(H,19,23)/t10-,11+,17-/m0/s1. The van der Waals surface area contributed by atoms with Gasteiger partial charge in [0.25, 0.3) is 0 Å². The molecule has 2 aromatic rings. The molecule has 2 amide bonds. The molecule has 3 heterocycles. The lowest BCUT2D eigenvalue weighted by molar-refractivity contribution is -0.123. The molecule has 0 radical (unpaired) electrons. The van der Waals surface area contributed by atoms with Crippen LogP contribution in [-0.2, 0) is 15.0 Å². The lowest BCUT2D eigenvalue weighted by Crippen LogP contribution is -2.43. The molecule has 0 spiro atoms. The molecule has 3 atom stereocenters. The van der Waals surface area contributed by atoms with Crippen molar-refractivity contribution in [2.45, 2.75) is 36.0 Å². The number of carbonyl (C=O) groups excluding carboxylic acids is 2. The Hall–Kier alpha value is -1.93. The van der Waals surface area contributed by atoms with Gasteiger partial charge in [-0.1, -0.05) is 36.9 Å². The molecule has 0 saturated carbocycles. The quantitative estimate of drug-likeness (QED) is 0.816. The zero-order valence-electron chi connectivity index (χ0n) is 13.5. The van der Waals surface area contributed by atoms with Gasteiger partial charge >= 0.3 is 4.87 Å². The molecule has 1 aromatic carbocycles. The van der Waals surface area contributed by atoms with Crippen LogP contribution in [0.3, 0.4) is 0 Å². The minimum Gasteiger partial charge on any atom is -0.307 e. The fourth-order valence-electron chi connectivity index (χ4n) is 3.64. The van der Waals surface area contributed by atoms with Crippen molar-refractivity contribution in [2.24, 2.45) is 5.92 Å². The number of amides is 2. The van der Waals surface area contributed by atoms with E-state index in [1.54, 1.807) is 0 Å². The molecule has 130 valence electrons. The molecular formula is C17H15FN2O3S2. The van der Waals surface area contributed by atoms with Crippen molar-refractivity contribution in [2.75, 3.05) is 4.90 Å². The van der Waals surface area contributed by atoms with Crippen LogP contribution in [0.15, 0.2) is 34.1 Å². The third-order valence-electron chi connectivity index (χ3n) is 5.14. The molecule has 2 aliphatic rings. The Morgan fingerprint density at radius 1 is 1.20 bits per heavy atom. The summed E-state index contributed by atoms with van der Waals surface area (Å²) in [5.74, 6) is -1.57. The number of thioether (sulfide) groups is 1. The molecular weight excluding hydrogens is 363 g/mol. The highest BCUT2D eigenvalue weighted by atomic mass is 32.2. The fourth-order valence-corrected chi connectivity index (χ4v) is 6.46. The van der Waals surface area contributed by atoms with Crippen molar-refractivity contribution < 1.29 is 14.0 Å². The van der Waals surface area contributed by atoms with Crippen LogP contribution in [0.4, 0.5) is 10.1 Å². The number of nitrogens with one attached hydrogen (secondary N) is 1. The van der Waals surface area contributed by atoms with E-state index >= 15 is 0 Å². The van der Waals surface area contributed by atoms with Crippen LogP contribution >= 0.6 is 23.1 Å². The average Bonchev–Trinajstić information content (AvgIpc) is 3.08. The van der Waals surface area contributed by atoms with E-state index in [1.165, 1.54) is 36.0 Å². The van der Waals surface area contributed by atoms with E-state index in [0.29, 0.717) is 17.1 Å². The molecule has 5 nitrogen and oxygen atoms in total. The maximum Gasteiger partial charge on any atom is 0.305 e. The lowest BCUT2D eigenvalue weighted by atomic mass is 9.72. The Balaban J connectivity index is 1.83. The summed E-state index contributed by atoms with van der Waals surface area (Å²) in [6.45, 7) is 3.89. The summed E-state index contributed by atoms with van der Waals surface area (Å²) >= 11 is 2.36. The minimum absolute atomic E-state index is 0.174. The van der Waals surface area contributed by atoms with E-state index < -0.39 is 22.4 Å². The first-order valence-corrected chi connectivity index (χ1v) is 9.60. The zero-order valence-corrected chi connectivity index (χ0v) is 15.2. The van der Waals surface area contributed by atoms with Crippen LogP contribution in [0.2, 0.25) is 0 Å². The predicted molar refractivity (Wildman–Crippen MR) is 94.6 cm³/mol. The average molecular weight is 378 g/mol. The smallest absolute Gasteiger partial charge is 0.305 e. The van der Waals surface area contributed by atoms with Crippen LogP contribution < -0.4 is 9.77 Å². The van der Waals surface area contributed by atoms with Gasteiger partial charge in [-0.2, -0.15) is 0 Å². The summed E-state index contributed by atoms with van der Waals surface area (Å²) < 4.78 is 13.2. The topological polar surface area (TPSA) is 70.2 Å². The number of benzene rings is 1. The van der Waals surface area contributed by atoms with Gasteiger partial charge in [0.1, 0.15) is 11.1 Å². The number of thiazole rings is 1. The van der Waals surface area contributed by atoms with Crippen LogP contribution in [0, 0.1) is 11.7 Å². The van der Waals surface area contributed by atoms with Gasteiger partial charge in [0.05, 0.1) is 16.6 Å². The summed E-state index contributed by atoms with van der Waals surface area (Å²) in [6, 6.07) is 5.35. The third-order valence-corrected chi connectivity index (χ3v) is 7.70. The highest BCUT2D eigenvalue weighted by Crippen LogP contribution is 2.55. The third kappa shape index (κ3) is 2.23. The van der Waals surface area contributed by atoms with E-state index in [9.17, 15) is 18.8 Å². The molecule has 1 N–H and O–H groups in total. The van der Waals surface area contributed by atoms with E-state index in [-0.39, 0.29) is 16.7 Å². The van der Waals surface area contributed by atoms with Crippen LogP contribution in [0.1, 0.15) is 25.1 Å². The van der Waals surface area contributed by atoms with Gasteiger partial charge in [-0.3, -0.25) is 14.4 Å². The van der Waals surface area contributed by atoms with Crippen molar-refractivity contribution in [3.05, 3.63) is 44.6 Å². The summed E-state index contributed by atoms with van der Waals surface area (Å²) in [7, 11) is 0. The SMILES string of the molecule is CC[C@]1(C)c2sc(=O)[nH]c2S[C@H]2C(=O)N(c3ccc(F)cc3)C(=O)[C@H]21. The van der Waals surface area contributed by atoms with E-state index in [2.05, 4.69) is 4.98 Å². The number of hydrogen-bond acceptors (Lipinski definition) is 5. The Bertz CT molecular complexity index is 936. The molecule has 1 aromatic heterocycles. The number of hydrogen-bond donors (Lipinski definition) is 1. The first kappa shape index (κ1) is 16.5. The molecule has 0 bridgehead atoms. The second-order valence-electron chi connectivity index (χ2n) is 6.45. The first-order chi connectivity index (χ1) is 11.9. The lowest BCUT2D eigenvalue weighted by Gasteiger charge is -2.38. The zero-order chi connectivity index (χ0) is 17.9. The largest absolute Gasteiger partial charge is 0.307 e. The van der Waals surface area contributed by atoms with Gasteiger partial charge in [0, 0.05) is 10.3 Å².